The zero-order chi connectivity index (χ0) is 19.9. The SMILES string of the molecule is COc1ccc(/C=C/C(=O)Nc2nnc(Cc3ccc(F)cc3)o2)cc1OC. The van der Waals surface area contributed by atoms with Crippen molar-refractivity contribution in [2.45, 2.75) is 6.42 Å². The summed E-state index contributed by atoms with van der Waals surface area (Å²) in [4.78, 5) is 12.0. The smallest absolute Gasteiger partial charge is 0.322 e. The number of anilines is 1. The Balaban J connectivity index is 1.60. The zero-order valence-electron chi connectivity index (χ0n) is 15.3. The fraction of sp³-hybridized carbons (Fsp3) is 0.150. The van der Waals surface area contributed by atoms with E-state index in [9.17, 15) is 9.18 Å². The number of nitrogens with zero attached hydrogens (tertiary/aromatic N) is 2. The van der Waals surface area contributed by atoms with Gasteiger partial charge in [0.25, 0.3) is 5.91 Å². The zero-order valence-corrected chi connectivity index (χ0v) is 15.3. The molecule has 28 heavy (non-hydrogen) atoms. The number of amides is 1. The van der Waals surface area contributed by atoms with Crippen molar-refractivity contribution in [3.63, 3.8) is 0 Å². The largest absolute Gasteiger partial charge is 0.493 e. The predicted molar refractivity (Wildman–Crippen MR) is 101 cm³/mol. The first-order valence-electron chi connectivity index (χ1n) is 8.35. The summed E-state index contributed by atoms with van der Waals surface area (Å²) >= 11 is 0. The third kappa shape index (κ3) is 4.94. The third-order valence-corrected chi connectivity index (χ3v) is 3.80. The number of hydrogen-bond donors (Lipinski definition) is 1. The van der Waals surface area contributed by atoms with Crippen molar-refractivity contribution in [2.75, 3.05) is 19.5 Å². The van der Waals surface area contributed by atoms with Gasteiger partial charge in [-0.25, -0.2) is 4.39 Å². The quantitative estimate of drug-likeness (QED) is 0.629. The van der Waals surface area contributed by atoms with Crippen molar-refractivity contribution in [3.05, 3.63) is 71.4 Å². The minimum atomic E-state index is -0.424. The van der Waals surface area contributed by atoms with E-state index in [1.54, 1.807) is 43.5 Å². The standard InChI is InChI=1S/C20H18FN3O4/c1-26-16-9-5-13(11-17(16)27-2)6-10-18(25)22-20-24-23-19(28-20)12-14-3-7-15(21)8-4-14/h3-11H,12H2,1-2H3,(H,22,24,25)/b10-6+. The molecular weight excluding hydrogens is 365 g/mol. The number of halogens is 1. The van der Waals surface area contributed by atoms with Crippen LogP contribution < -0.4 is 14.8 Å². The summed E-state index contributed by atoms with van der Waals surface area (Å²) in [6, 6.07) is 11.2. The molecule has 2 aromatic carbocycles. The minimum Gasteiger partial charge on any atom is -0.493 e. The summed E-state index contributed by atoms with van der Waals surface area (Å²) in [7, 11) is 3.09. The van der Waals surface area contributed by atoms with Crippen LogP contribution in [-0.4, -0.2) is 30.3 Å². The Hall–Kier alpha value is -3.68. The molecule has 0 aliphatic carbocycles. The lowest BCUT2D eigenvalue weighted by atomic mass is 10.1. The van der Waals surface area contributed by atoms with Gasteiger partial charge in [-0.2, -0.15) is 0 Å². The molecule has 1 heterocycles. The van der Waals surface area contributed by atoms with Gasteiger partial charge in [0.1, 0.15) is 5.82 Å². The average molecular weight is 383 g/mol. The van der Waals surface area contributed by atoms with Crippen molar-refractivity contribution in [3.8, 4) is 11.5 Å². The van der Waals surface area contributed by atoms with E-state index >= 15 is 0 Å². The third-order valence-electron chi connectivity index (χ3n) is 3.80. The Morgan fingerprint density at radius 1 is 1.11 bits per heavy atom. The van der Waals surface area contributed by atoms with Crippen LogP contribution in [0.5, 0.6) is 11.5 Å². The molecule has 3 rings (SSSR count). The predicted octanol–water partition coefficient (Wildman–Crippen LogP) is 3.47. The van der Waals surface area contributed by atoms with Gasteiger partial charge in [0, 0.05) is 6.08 Å². The summed E-state index contributed by atoms with van der Waals surface area (Å²) in [5.41, 5.74) is 1.58. The number of hydrogen-bond acceptors (Lipinski definition) is 6. The van der Waals surface area contributed by atoms with E-state index in [2.05, 4.69) is 15.5 Å². The number of rotatable bonds is 7. The number of carbonyl (C=O) groups is 1. The molecule has 0 bridgehead atoms. The Labute approximate surface area is 160 Å². The molecular formula is C20H18FN3O4. The molecule has 0 radical (unpaired) electrons. The molecule has 0 aliphatic rings. The van der Waals surface area contributed by atoms with E-state index in [1.807, 2.05) is 0 Å². The van der Waals surface area contributed by atoms with Crippen LogP contribution >= 0.6 is 0 Å². The lowest BCUT2D eigenvalue weighted by Crippen LogP contribution is -2.07. The van der Waals surface area contributed by atoms with E-state index in [0.29, 0.717) is 23.8 Å². The highest BCUT2D eigenvalue weighted by Crippen LogP contribution is 2.27. The number of nitrogens with one attached hydrogen (secondary N) is 1. The second kappa shape index (κ2) is 8.81. The summed E-state index contributed by atoms with van der Waals surface area (Å²) < 4.78 is 28.7. The van der Waals surface area contributed by atoms with E-state index in [1.165, 1.54) is 25.3 Å². The molecule has 0 saturated heterocycles. The van der Waals surface area contributed by atoms with Crippen molar-refractivity contribution >= 4 is 18.0 Å². The molecule has 1 aromatic heterocycles. The first-order valence-corrected chi connectivity index (χ1v) is 8.35. The van der Waals surface area contributed by atoms with Crippen LogP contribution in [0.1, 0.15) is 17.0 Å². The normalized spacial score (nSPS) is 10.8. The second-order valence-electron chi connectivity index (χ2n) is 5.74. The lowest BCUT2D eigenvalue weighted by molar-refractivity contribution is -0.112. The van der Waals surface area contributed by atoms with E-state index in [0.717, 1.165) is 11.1 Å². The molecule has 0 saturated carbocycles. The molecule has 0 fully saturated rings. The number of aromatic nitrogens is 2. The number of benzene rings is 2. The van der Waals surface area contributed by atoms with Crippen molar-refractivity contribution in [1.29, 1.82) is 0 Å². The number of ether oxygens (including phenoxy) is 2. The number of methoxy groups -OCH3 is 2. The Kier molecular flexibility index (Phi) is 6.01. The fourth-order valence-electron chi connectivity index (χ4n) is 2.43. The molecule has 0 unspecified atom stereocenters. The molecule has 0 spiro atoms. The van der Waals surface area contributed by atoms with Gasteiger partial charge in [0.2, 0.25) is 5.89 Å². The van der Waals surface area contributed by atoms with E-state index in [4.69, 9.17) is 13.9 Å². The van der Waals surface area contributed by atoms with Crippen molar-refractivity contribution in [2.24, 2.45) is 0 Å². The molecule has 1 amide bonds. The van der Waals surface area contributed by atoms with Crippen LogP contribution in [0, 0.1) is 5.82 Å². The summed E-state index contributed by atoms with van der Waals surface area (Å²) in [5.74, 6) is 0.733. The van der Waals surface area contributed by atoms with Crippen LogP contribution in [0.2, 0.25) is 0 Å². The highest BCUT2D eigenvalue weighted by molar-refractivity contribution is 6.00. The topological polar surface area (TPSA) is 86.5 Å². The van der Waals surface area contributed by atoms with Gasteiger partial charge in [-0.1, -0.05) is 23.3 Å². The minimum absolute atomic E-state index is 0.0147. The molecule has 7 nitrogen and oxygen atoms in total. The van der Waals surface area contributed by atoms with Crippen LogP contribution in [0.4, 0.5) is 10.4 Å². The van der Waals surface area contributed by atoms with Gasteiger partial charge in [0.05, 0.1) is 20.6 Å². The molecule has 8 heteroatoms. The average Bonchev–Trinajstić information content (AvgIpc) is 3.14. The fourth-order valence-corrected chi connectivity index (χ4v) is 2.43. The second-order valence-corrected chi connectivity index (χ2v) is 5.74. The van der Waals surface area contributed by atoms with Crippen molar-refractivity contribution in [1.82, 2.24) is 10.2 Å². The van der Waals surface area contributed by atoms with Gasteiger partial charge in [-0.15, -0.1) is 5.10 Å². The maximum absolute atomic E-state index is 12.9. The first-order chi connectivity index (χ1) is 13.6. The molecule has 0 atom stereocenters. The molecule has 0 aliphatic heterocycles. The van der Waals surface area contributed by atoms with Crippen LogP contribution in [0.3, 0.4) is 0 Å². The first kappa shape index (κ1) is 19.1. The van der Waals surface area contributed by atoms with Crippen molar-refractivity contribution < 1.29 is 23.1 Å². The van der Waals surface area contributed by atoms with Crippen LogP contribution in [-0.2, 0) is 11.2 Å². The maximum Gasteiger partial charge on any atom is 0.322 e. The molecule has 144 valence electrons. The van der Waals surface area contributed by atoms with Gasteiger partial charge in [-0.05, 0) is 41.5 Å². The van der Waals surface area contributed by atoms with Gasteiger partial charge < -0.3 is 13.9 Å². The molecule has 3 aromatic rings. The van der Waals surface area contributed by atoms with E-state index in [-0.39, 0.29) is 11.8 Å². The maximum atomic E-state index is 12.9. The van der Waals surface area contributed by atoms with Gasteiger partial charge in [0.15, 0.2) is 11.5 Å². The van der Waals surface area contributed by atoms with Gasteiger partial charge in [-0.3, -0.25) is 10.1 Å². The summed E-state index contributed by atoms with van der Waals surface area (Å²) in [6.45, 7) is 0. The Bertz CT molecular complexity index is 983. The highest BCUT2D eigenvalue weighted by Gasteiger charge is 2.09. The summed E-state index contributed by atoms with van der Waals surface area (Å²) in [6.07, 6.45) is 3.29. The van der Waals surface area contributed by atoms with E-state index < -0.39 is 5.91 Å². The summed E-state index contributed by atoms with van der Waals surface area (Å²) in [5, 5.41) is 10.1. The Morgan fingerprint density at radius 3 is 2.57 bits per heavy atom. The highest BCUT2D eigenvalue weighted by atomic mass is 19.1. The van der Waals surface area contributed by atoms with Crippen LogP contribution in [0.25, 0.3) is 6.08 Å². The molecule has 1 N–H and O–H groups in total. The monoisotopic (exact) mass is 383 g/mol. The van der Waals surface area contributed by atoms with Gasteiger partial charge >= 0.3 is 6.01 Å². The lowest BCUT2D eigenvalue weighted by Gasteiger charge is -2.07. The Morgan fingerprint density at radius 2 is 1.86 bits per heavy atom. The van der Waals surface area contributed by atoms with Crippen LogP contribution in [0.15, 0.2) is 53.0 Å². The number of carbonyl (C=O) groups excluding carboxylic acids is 1.